The Kier molecular flexibility index (Phi) is 15.7. The molecule has 15 heteroatoms. The van der Waals surface area contributed by atoms with Crippen molar-refractivity contribution in [2.75, 3.05) is 25.5 Å². The number of rotatable bonds is 21. The zero-order chi connectivity index (χ0) is 31.0. The van der Waals surface area contributed by atoms with Gasteiger partial charge in [-0.25, -0.2) is 24.8 Å². The number of ether oxygens (including phenoxy) is 4. The summed E-state index contributed by atoms with van der Waals surface area (Å²) >= 11 is 0. The quantitative estimate of drug-likeness (QED) is 0.0815. The van der Waals surface area contributed by atoms with Crippen LogP contribution in [0.5, 0.6) is 0 Å². The number of hydrogen-bond donors (Lipinski definition) is 2. The van der Waals surface area contributed by atoms with E-state index in [1.807, 2.05) is 0 Å². The molecule has 2 aromatic rings. The first-order valence-corrected chi connectivity index (χ1v) is 16.4. The Morgan fingerprint density at radius 1 is 1.00 bits per heavy atom. The van der Waals surface area contributed by atoms with E-state index in [2.05, 4.69) is 27.0 Å². The van der Waals surface area contributed by atoms with Crippen molar-refractivity contribution in [3.05, 3.63) is 12.7 Å². The first kappa shape index (κ1) is 35.4. The van der Waals surface area contributed by atoms with Crippen molar-refractivity contribution >= 4 is 36.6 Å². The smallest absolute Gasteiger partial charge is 0.465 e. The Labute approximate surface area is 247 Å². The van der Waals surface area contributed by atoms with Crippen molar-refractivity contribution in [3.8, 4) is 0 Å². The molecule has 2 heterocycles. The summed E-state index contributed by atoms with van der Waals surface area (Å²) in [6, 6.07) is -0.969. The van der Waals surface area contributed by atoms with Crippen molar-refractivity contribution in [2.24, 2.45) is 0 Å². The minimum atomic E-state index is -3.86. The van der Waals surface area contributed by atoms with Gasteiger partial charge in [-0.2, -0.15) is 0 Å². The topological polar surface area (TPSA) is 179 Å². The zero-order valence-corrected chi connectivity index (χ0v) is 26.3. The number of carbonyl (C=O) groups excluding carboxylic acids is 2. The summed E-state index contributed by atoms with van der Waals surface area (Å²) in [5, 5.41) is 2.69. The van der Waals surface area contributed by atoms with Gasteiger partial charge in [0.2, 0.25) is 6.79 Å². The molecule has 3 N–H and O–H groups in total. The van der Waals surface area contributed by atoms with Crippen LogP contribution in [-0.4, -0.2) is 69.6 Å². The lowest BCUT2D eigenvalue weighted by atomic mass is 10.1. The van der Waals surface area contributed by atoms with Gasteiger partial charge < -0.3 is 29.2 Å². The number of nitrogens with two attached hydrogens (primary N) is 1. The lowest BCUT2D eigenvalue weighted by Gasteiger charge is -2.24. The number of hydrogen-bond acceptors (Lipinski definition) is 12. The van der Waals surface area contributed by atoms with Crippen LogP contribution in [0.4, 0.5) is 10.6 Å². The van der Waals surface area contributed by atoms with Crippen molar-refractivity contribution in [1.29, 1.82) is 0 Å². The summed E-state index contributed by atoms with van der Waals surface area (Å²) in [6.45, 7) is 8.71. The highest BCUT2D eigenvalue weighted by molar-refractivity contribution is 7.56. The molecule has 0 saturated carbocycles. The third kappa shape index (κ3) is 13.0. The monoisotopic (exact) mass is 614 g/mol. The number of nitrogens with one attached hydrogen (secondary N) is 1. The first-order chi connectivity index (χ1) is 20.0. The molecule has 238 valence electrons. The highest BCUT2D eigenvalue weighted by Crippen LogP contribution is 2.43. The number of esters is 1. The molecule has 3 atom stereocenters. The molecular formula is C27H47N6O8P. The Hall–Kier alpha value is -2.80. The lowest BCUT2D eigenvalue weighted by Crippen LogP contribution is -2.35. The Bertz CT molecular complexity index is 1150. The van der Waals surface area contributed by atoms with E-state index in [4.69, 9.17) is 29.2 Å². The maximum atomic E-state index is 13.7. The number of carbonyl (C=O) groups is 2. The van der Waals surface area contributed by atoms with Crippen LogP contribution in [-0.2, 0) is 39.4 Å². The van der Waals surface area contributed by atoms with Gasteiger partial charge in [-0.05, 0) is 34.1 Å². The second-order valence-corrected chi connectivity index (χ2v) is 12.5. The van der Waals surface area contributed by atoms with Gasteiger partial charge in [0.15, 0.2) is 11.5 Å². The fraction of sp³-hybridized carbons (Fsp3) is 0.741. The molecule has 0 amide bonds. The van der Waals surface area contributed by atoms with Crippen LogP contribution in [0, 0.1) is 0 Å². The standard InChI is InChI=1S/C27H47N6O8P/c1-6-7-8-9-10-11-12-13-14-37-26(34)22(5)32-42(36,40-18-38-27(35)41-20(2)3)19-39-21(4)15-33-17-31-23-24(28)29-16-30-25(23)33/h16-17,20-22H,6-15,18-19H2,1-5H3,(H,32,36)(H2,28,29,30)/t21-,22+,42?/m1/s1. The molecule has 0 bridgehead atoms. The van der Waals surface area contributed by atoms with Crippen LogP contribution in [0.2, 0.25) is 0 Å². The second kappa shape index (κ2) is 18.7. The van der Waals surface area contributed by atoms with Crippen LogP contribution in [0.1, 0.15) is 86.0 Å². The van der Waals surface area contributed by atoms with Crippen molar-refractivity contribution in [3.63, 3.8) is 0 Å². The SMILES string of the molecule is CCCCCCCCCCOC(=O)[C@H](C)NP(=O)(CO[C@H](C)Cn1cnc2c(N)ncnc21)OCOC(=O)OC(C)C. The van der Waals surface area contributed by atoms with Gasteiger partial charge in [0.1, 0.15) is 24.2 Å². The number of aromatic nitrogens is 4. The lowest BCUT2D eigenvalue weighted by molar-refractivity contribution is -0.145. The largest absolute Gasteiger partial charge is 0.510 e. The first-order valence-electron chi connectivity index (χ1n) is 14.6. The van der Waals surface area contributed by atoms with Crippen LogP contribution < -0.4 is 10.8 Å². The molecule has 0 aromatic carbocycles. The third-order valence-corrected chi connectivity index (χ3v) is 7.96. The number of imidazole rings is 1. The van der Waals surface area contributed by atoms with Gasteiger partial charge in [-0.1, -0.05) is 51.9 Å². The molecule has 0 fully saturated rings. The van der Waals surface area contributed by atoms with Gasteiger partial charge in [0.05, 0.1) is 31.7 Å². The molecule has 0 aliphatic rings. The normalized spacial score (nSPS) is 14.4. The molecule has 0 aliphatic carbocycles. The Morgan fingerprint density at radius 3 is 2.38 bits per heavy atom. The fourth-order valence-corrected chi connectivity index (χ4v) is 5.56. The van der Waals surface area contributed by atoms with E-state index >= 15 is 0 Å². The maximum absolute atomic E-state index is 13.7. The molecule has 0 spiro atoms. The van der Waals surface area contributed by atoms with Gasteiger partial charge in [-0.15, -0.1) is 0 Å². The summed E-state index contributed by atoms with van der Waals surface area (Å²) in [7, 11) is -3.86. The average molecular weight is 615 g/mol. The van der Waals surface area contributed by atoms with Crippen molar-refractivity contribution in [1.82, 2.24) is 24.6 Å². The van der Waals surface area contributed by atoms with Crippen LogP contribution >= 0.6 is 7.52 Å². The number of anilines is 1. The summed E-state index contributed by atoms with van der Waals surface area (Å²) < 4.78 is 41.8. The molecule has 14 nitrogen and oxygen atoms in total. The fourth-order valence-electron chi connectivity index (χ4n) is 3.97. The van der Waals surface area contributed by atoms with Gasteiger partial charge in [0.25, 0.3) is 7.52 Å². The molecule has 1 unspecified atom stereocenters. The van der Waals surface area contributed by atoms with Gasteiger partial charge >= 0.3 is 12.1 Å². The predicted octanol–water partition coefficient (Wildman–Crippen LogP) is 5.16. The summed E-state index contributed by atoms with van der Waals surface area (Å²) in [5.74, 6) is -0.314. The highest BCUT2D eigenvalue weighted by Gasteiger charge is 2.31. The van der Waals surface area contributed by atoms with E-state index in [1.54, 1.807) is 31.7 Å². The van der Waals surface area contributed by atoms with E-state index in [0.717, 1.165) is 19.3 Å². The van der Waals surface area contributed by atoms with Crippen LogP contribution in [0.15, 0.2) is 12.7 Å². The summed E-state index contributed by atoms with van der Waals surface area (Å²) in [6.07, 6.45) is 9.60. The molecule has 0 saturated heterocycles. The van der Waals surface area contributed by atoms with Crippen molar-refractivity contribution < 1.29 is 37.6 Å². The van der Waals surface area contributed by atoms with Crippen LogP contribution in [0.25, 0.3) is 11.2 Å². The van der Waals surface area contributed by atoms with E-state index in [1.165, 1.54) is 45.4 Å². The minimum absolute atomic E-state index is 0.258. The highest BCUT2D eigenvalue weighted by atomic mass is 31.2. The van der Waals surface area contributed by atoms with E-state index in [-0.39, 0.29) is 12.4 Å². The minimum Gasteiger partial charge on any atom is -0.465 e. The van der Waals surface area contributed by atoms with Gasteiger partial charge in [0, 0.05) is 0 Å². The molecule has 0 radical (unpaired) electrons. The number of fused-ring (bicyclic) bond motifs is 1. The van der Waals surface area contributed by atoms with Gasteiger partial charge in [-0.3, -0.25) is 13.9 Å². The Morgan fingerprint density at radius 2 is 1.69 bits per heavy atom. The number of nitrogen functional groups attached to an aromatic ring is 1. The second-order valence-electron chi connectivity index (χ2n) is 10.4. The maximum Gasteiger partial charge on any atom is 0.510 e. The number of nitrogens with zero attached hydrogens (tertiary/aromatic N) is 4. The number of unbranched alkanes of at least 4 members (excludes halogenated alkanes) is 7. The molecule has 2 aromatic heterocycles. The van der Waals surface area contributed by atoms with E-state index < -0.39 is 51.0 Å². The van der Waals surface area contributed by atoms with Crippen LogP contribution in [0.3, 0.4) is 0 Å². The predicted molar refractivity (Wildman–Crippen MR) is 158 cm³/mol. The Balaban J connectivity index is 1.89. The van der Waals surface area contributed by atoms with E-state index in [0.29, 0.717) is 17.7 Å². The average Bonchev–Trinajstić information content (AvgIpc) is 3.34. The molecule has 42 heavy (non-hydrogen) atoms. The molecule has 2 rings (SSSR count). The third-order valence-electron chi connectivity index (χ3n) is 6.17. The molecule has 0 aliphatic heterocycles. The molecular weight excluding hydrogens is 567 g/mol. The summed E-state index contributed by atoms with van der Waals surface area (Å²) in [4.78, 5) is 36.7. The zero-order valence-electron chi connectivity index (χ0n) is 25.5. The van der Waals surface area contributed by atoms with Crippen molar-refractivity contribution in [2.45, 2.75) is 111 Å². The summed E-state index contributed by atoms with van der Waals surface area (Å²) in [5.41, 5.74) is 6.84. The van der Waals surface area contributed by atoms with E-state index in [9.17, 15) is 14.2 Å².